The molecule has 2 N–H and O–H groups in total. The van der Waals surface area contributed by atoms with Gasteiger partial charge in [0.05, 0.1) is 6.04 Å². The molecule has 0 radical (unpaired) electrons. The van der Waals surface area contributed by atoms with Crippen molar-refractivity contribution in [3.8, 4) is 0 Å². The molecule has 0 fully saturated rings. The summed E-state index contributed by atoms with van der Waals surface area (Å²) in [7, 11) is 0. The Hall–Kier alpha value is -1.71. The Morgan fingerprint density at radius 1 is 0.900 bits per heavy atom. The largest absolute Gasteiger partial charge is 0.320 e. The van der Waals surface area contributed by atoms with Crippen molar-refractivity contribution in [3.63, 3.8) is 0 Å². The Labute approximate surface area is 125 Å². The van der Waals surface area contributed by atoms with E-state index in [1.54, 1.807) is 6.07 Å². The smallest absolute Gasteiger partial charge is 0.129 e. The predicted octanol–water partition coefficient (Wildman–Crippen LogP) is 4.79. The highest BCUT2D eigenvalue weighted by Gasteiger charge is 2.18. The molecule has 0 aliphatic rings. The number of hydrogen-bond donors (Lipinski definition) is 1. The normalized spacial score (nSPS) is 12.6. The van der Waals surface area contributed by atoms with Gasteiger partial charge in [0.25, 0.3) is 0 Å². The molecule has 3 rings (SSSR count). The van der Waals surface area contributed by atoms with E-state index >= 15 is 0 Å². The van der Waals surface area contributed by atoms with Crippen LogP contribution in [0.25, 0.3) is 10.8 Å². The van der Waals surface area contributed by atoms with Crippen molar-refractivity contribution in [1.82, 2.24) is 0 Å². The molecule has 3 aromatic carbocycles. The first kappa shape index (κ1) is 13.3. The van der Waals surface area contributed by atoms with Crippen LogP contribution in [0.15, 0.2) is 65.1 Å². The monoisotopic (exact) mass is 329 g/mol. The molecule has 0 saturated carbocycles. The zero-order chi connectivity index (χ0) is 14.1. The predicted molar refractivity (Wildman–Crippen MR) is 84.1 cm³/mol. The molecule has 0 bridgehead atoms. The van der Waals surface area contributed by atoms with Crippen LogP contribution in [0.1, 0.15) is 17.2 Å². The minimum Gasteiger partial charge on any atom is -0.320 e. The van der Waals surface area contributed by atoms with Gasteiger partial charge in [0.15, 0.2) is 0 Å². The van der Waals surface area contributed by atoms with Crippen LogP contribution < -0.4 is 5.73 Å². The lowest BCUT2D eigenvalue weighted by molar-refractivity contribution is 0.598. The summed E-state index contributed by atoms with van der Waals surface area (Å²) in [4.78, 5) is 0. The average Bonchev–Trinajstić information content (AvgIpc) is 2.46. The van der Waals surface area contributed by atoms with E-state index in [1.165, 1.54) is 6.07 Å². The third-order valence-electron chi connectivity index (χ3n) is 3.47. The highest BCUT2D eigenvalue weighted by atomic mass is 79.9. The van der Waals surface area contributed by atoms with Gasteiger partial charge in [-0.15, -0.1) is 0 Å². The first-order valence-electron chi connectivity index (χ1n) is 6.35. The van der Waals surface area contributed by atoms with Crippen molar-refractivity contribution in [3.05, 3.63) is 82.1 Å². The molecule has 100 valence electrons. The van der Waals surface area contributed by atoms with Gasteiger partial charge in [-0.1, -0.05) is 64.5 Å². The summed E-state index contributed by atoms with van der Waals surface area (Å²) in [5.41, 5.74) is 7.73. The zero-order valence-corrected chi connectivity index (χ0v) is 12.3. The lowest BCUT2D eigenvalue weighted by Crippen LogP contribution is -2.14. The number of fused-ring (bicyclic) bond motifs is 1. The van der Waals surface area contributed by atoms with Crippen molar-refractivity contribution < 1.29 is 4.39 Å². The fourth-order valence-corrected chi connectivity index (χ4v) is 3.07. The maximum Gasteiger partial charge on any atom is 0.129 e. The Bertz CT molecular complexity index is 744. The molecule has 0 heterocycles. The number of hydrogen-bond acceptors (Lipinski definition) is 1. The van der Waals surface area contributed by atoms with E-state index in [2.05, 4.69) is 15.9 Å². The summed E-state index contributed by atoms with van der Waals surface area (Å²) < 4.78 is 14.8. The summed E-state index contributed by atoms with van der Waals surface area (Å²) in [6.45, 7) is 0. The van der Waals surface area contributed by atoms with E-state index in [0.717, 1.165) is 16.3 Å². The summed E-state index contributed by atoms with van der Waals surface area (Å²) in [6, 6.07) is 18.3. The molecule has 0 aromatic heterocycles. The molecular formula is C17H13BrFN. The van der Waals surface area contributed by atoms with Crippen LogP contribution >= 0.6 is 15.9 Å². The number of nitrogens with two attached hydrogens (primary N) is 1. The van der Waals surface area contributed by atoms with E-state index in [4.69, 9.17) is 5.73 Å². The minimum atomic E-state index is -0.503. The van der Waals surface area contributed by atoms with Gasteiger partial charge in [-0.05, 0) is 28.5 Å². The zero-order valence-electron chi connectivity index (χ0n) is 10.7. The molecule has 0 spiro atoms. The van der Waals surface area contributed by atoms with Gasteiger partial charge in [-0.25, -0.2) is 4.39 Å². The van der Waals surface area contributed by atoms with Gasteiger partial charge < -0.3 is 5.73 Å². The Balaban J connectivity index is 2.21. The van der Waals surface area contributed by atoms with Crippen molar-refractivity contribution in [2.24, 2.45) is 5.73 Å². The Kier molecular flexibility index (Phi) is 3.55. The molecule has 0 saturated heterocycles. The molecule has 0 aliphatic carbocycles. The van der Waals surface area contributed by atoms with E-state index < -0.39 is 6.04 Å². The lowest BCUT2D eigenvalue weighted by atomic mass is 9.94. The quantitative estimate of drug-likeness (QED) is 0.718. The fourth-order valence-electron chi connectivity index (χ4n) is 2.48. The van der Waals surface area contributed by atoms with Crippen LogP contribution in [0.5, 0.6) is 0 Å². The van der Waals surface area contributed by atoms with Crippen LogP contribution in [0.3, 0.4) is 0 Å². The van der Waals surface area contributed by atoms with E-state index in [1.807, 2.05) is 48.5 Å². The van der Waals surface area contributed by atoms with Gasteiger partial charge in [-0.2, -0.15) is 0 Å². The van der Waals surface area contributed by atoms with Crippen LogP contribution in [-0.4, -0.2) is 0 Å². The van der Waals surface area contributed by atoms with Crippen LogP contribution in [-0.2, 0) is 0 Å². The van der Waals surface area contributed by atoms with Crippen LogP contribution in [0, 0.1) is 5.82 Å². The van der Waals surface area contributed by atoms with E-state index in [0.29, 0.717) is 10.0 Å². The van der Waals surface area contributed by atoms with Crippen molar-refractivity contribution in [2.75, 3.05) is 0 Å². The molecular weight excluding hydrogens is 317 g/mol. The molecule has 0 aliphatic heterocycles. The first-order valence-corrected chi connectivity index (χ1v) is 7.15. The Morgan fingerprint density at radius 2 is 1.60 bits per heavy atom. The standard InChI is InChI=1S/C17H13BrFN/c18-14-9-4-10-15(19)16(14)17(20)13-8-3-6-11-5-1-2-7-12(11)13/h1-10,17H,20H2. The Morgan fingerprint density at radius 3 is 2.40 bits per heavy atom. The maximum atomic E-state index is 14.1. The number of halogens is 2. The average molecular weight is 330 g/mol. The molecule has 3 aromatic rings. The topological polar surface area (TPSA) is 26.0 Å². The van der Waals surface area contributed by atoms with Gasteiger partial charge >= 0.3 is 0 Å². The summed E-state index contributed by atoms with van der Waals surface area (Å²) >= 11 is 3.39. The molecule has 0 amide bonds. The second kappa shape index (κ2) is 5.35. The van der Waals surface area contributed by atoms with E-state index in [-0.39, 0.29) is 5.82 Å². The molecule has 20 heavy (non-hydrogen) atoms. The summed E-state index contributed by atoms with van der Waals surface area (Å²) in [6.07, 6.45) is 0. The highest BCUT2D eigenvalue weighted by molar-refractivity contribution is 9.10. The van der Waals surface area contributed by atoms with Gasteiger partial charge in [0.2, 0.25) is 0 Å². The van der Waals surface area contributed by atoms with Crippen LogP contribution in [0.2, 0.25) is 0 Å². The highest BCUT2D eigenvalue weighted by Crippen LogP contribution is 2.32. The molecule has 1 unspecified atom stereocenters. The van der Waals surface area contributed by atoms with Crippen LogP contribution in [0.4, 0.5) is 4.39 Å². The summed E-state index contributed by atoms with van der Waals surface area (Å²) in [5, 5.41) is 2.16. The van der Waals surface area contributed by atoms with Gasteiger partial charge in [-0.3, -0.25) is 0 Å². The third-order valence-corrected chi connectivity index (χ3v) is 4.16. The second-order valence-corrected chi connectivity index (χ2v) is 5.54. The van der Waals surface area contributed by atoms with Gasteiger partial charge in [0, 0.05) is 10.0 Å². The summed E-state index contributed by atoms with van der Waals surface area (Å²) in [5.74, 6) is -0.292. The second-order valence-electron chi connectivity index (χ2n) is 4.68. The fraction of sp³-hybridized carbons (Fsp3) is 0.0588. The molecule has 1 nitrogen and oxygen atoms in total. The van der Waals surface area contributed by atoms with Crippen molar-refractivity contribution in [1.29, 1.82) is 0 Å². The van der Waals surface area contributed by atoms with Crippen molar-refractivity contribution in [2.45, 2.75) is 6.04 Å². The lowest BCUT2D eigenvalue weighted by Gasteiger charge is -2.17. The molecule has 1 atom stereocenters. The molecule has 3 heteroatoms. The SMILES string of the molecule is NC(c1c(F)cccc1Br)c1cccc2ccccc12. The van der Waals surface area contributed by atoms with E-state index in [9.17, 15) is 4.39 Å². The van der Waals surface area contributed by atoms with Crippen molar-refractivity contribution >= 4 is 26.7 Å². The van der Waals surface area contributed by atoms with Gasteiger partial charge in [0.1, 0.15) is 5.82 Å². The first-order chi connectivity index (χ1) is 9.68. The maximum absolute atomic E-state index is 14.1. The number of rotatable bonds is 2. The number of benzene rings is 3. The third kappa shape index (κ3) is 2.23. The minimum absolute atomic E-state index is 0.292.